The molecule has 0 aliphatic carbocycles. The minimum Gasteiger partial charge on any atom is -0.377 e. The Labute approximate surface area is 105 Å². The second-order valence-electron chi connectivity index (χ2n) is 5.55. The molecule has 0 aromatic carbocycles. The third-order valence-electron chi connectivity index (χ3n) is 3.98. The van der Waals surface area contributed by atoms with Crippen LogP contribution in [0.5, 0.6) is 0 Å². The summed E-state index contributed by atoms with van der Waals surface area (Å²) in [4.78, 5) is 4.91. The van der Waals surface area contributed by atoms with Gasteiger partial charge in [-0.3, -0.25) is 0 Å². The molecular formula is C13H27N3O. The Kier molecular flexibility index (Phi) is 5.22. The lowest BCUT2D eigenvalue weighted by atomic mass is 10.2. The van der Waals surface area contributed by atoms with Gasteiger partial charge in [-0.1, -0.05) is 0 Å². The van der Waals surface area contributed by atoms with Gasteiger partial charge in [0, 0.05) is 38.8 Å². The van der Waals surface area contributed by atoms with E-state index in [9.17, 15) is 0 Å². The standard InChI is InChI=1S/C13H27N3O/c1-15(2)12-5-7-16(11-12)8-6-14-10-13-4-3-9-17-13/h12-14H,3-11H2,1-2H3. The largest absolute Gasteiger partial charge is 0.377 e. The highest BCUT2D eigenvalue weighted by Crippen LogP contribution is 2.12. The smallest absolute Gasteiger partial charge is 0.0700 e. The van der Waals surface area contributed by atoms with Crippen LogP contribution in [0.4, 0.5) is 0 Å². The van der Waals surface area contributed by atoms with Crippen molar-refractivity contribution >= 4 is 0 Å². The number of hydrogen-bond acceptors (Lipinski definition) is 4. The molecule has 0 saturated carbocycles. The van der Waals surface area contributed by atoms with Crippen LogP contribution in [0.3, 0.4) is 0 Å². The predicted octanol–water partition coefficient (Wildman–Crippen LogP) is 0.391. The van der Waals surface area contributed by atoms with Crippen LogP contribution in [0.1, 0.15) is 19.3 Å². The molecule has 2 aliphatic rings. The summed E-state index contributed by atoms with van der Waals surface area (Å²) in [5.41, 5.74) is 0. The summed E-state index contributed by atoms with van der Waals surface area (Å²) in [6.45, 7) is 6.75. The monoisotopic (exact) mass is 241 g/mol. The number of nitrogens with zero attached hydrogens (tertiary/aromatic N) is 2. The predicted molar refractivity (Wildman–Crippen MR) is 70.4 cm³/mol. The highest BCUT2D eigenvalue weighted by atomic mass is 16.5. The van der Waals surface area contributed by atoms with Crippen molar-refractivity contribution in [2.45, 2.75) is 31.4 Å². The van der Waals surface area contributed by atoms with Crippen LogP contribution in [0.15, 0.2) is 0 Å². The first kappa shape index (κ1) is 13.3. The second-order valence-corrected chi connectivity index (χ2v) is 5.55. The molecule has 4 nitrogen and oxygen atoms in total. The van der Waals surface area contributed by atoms with Gasteiger partial charge in [-0.25, -0.2) is 0 Å². The van der Waals surface area contributed by atoms with Crippen LogP contribution in [-0.2, 0) is 4.74 Å². The molecule has 0 spiro atoms. The van der Waals surface area contributed by atoms with Gasteiger partial charge in [0.25, 0.3) is 0 Å². The summed E-state index contributed by atoms with van der Waals surface area (Å²) in [5, 5.41) is 3.52. The molecule has 4 heteroatoms. The zero-order valence-corrected chi connectivity index (χ0v) is 11.3. The molecule has 2 aliphatic heterocycles. The molecule has 2 unspecified atom stereocenters. The topological polar surface area (TPSA) is 27.7 Å². The van der Waals surface area contributed by atoms with Crippen molar-refractivity contribution in [3.8, 4) is 0 Å². The summed E-state index contributed by atoms with van der Waals surface area (Å²) in [5.74, 6) is 0. The van der Waals surface area contributed by atoms with Gasteiger partial charge < -0.3 is 19.9 Å². The highest BCUT2D eigenvalue weighted by Gasteiger charge is 2.23. The SMILES string of the molecule is CN(C)C1CCN(CCNCC2CCCO2)C1. The number of likely N-dealkylation sites (tertiary alicyclic amines) is 1. The zero-order chi connectivity index (χ0) is 12.1. The Morgan fingerprint density at radius 3 is 2.88 bits per heavy atom. The van der Waals surface area contributed by atoms with Gasteiger partial charge >= 0.3 is 0 Å². The summed E-state index contributed by atoms with van der Waals surface area (Å²) >= 11 is 0. The first-order chi connectivity index (χ1) is 8.25. The third-order valence-corrected chi connectivity index (χ3v) is 3.98. The molecule has 100 valence electrons. The molecule has 0 bridgehead atoms. The minimum atomic E-state index is 0.475. The Balaban J connectivity index is 1.51. The van der Waals surface area contributed by atoms with Crippen LogP contribution in [0, 0.1) is 0 Å². The van der Waals surface area contributed by atoms with E-state index in [1.807, 2.05) is 0 Å². The van der Waals surface area contributed by atoms with E-state index in [0.717, 1.165) is 25.7 Å². The summed E-state index contributed by atoms with van der Waals surface area (Å²) in [6.07, 6.45) is 4.27. The van der Waals surface area contributed by atoms with Gasteiger partial charge in [0.1, 0.15) is 0 Å². The Morgan fingerprint density at radius 2 is 2.24 bits per heavy atom. The van der Waals surface area contributed by atoms with Gasteiger partial charge in [-0.05, 0) is 39.9 Å². The van der Waals surface area contributed by atoms with Crippen LogP contribution >= 0.6 is 0 Å². The average Bonchev–Trinajstić information content (AvgIpc) is 2.96. The quantitative estimate of drug-likeness (QED) is 0.681. The zero-order valence-electron chi connectivity index (χ0n) is 11.3. The number of rotatable bonds is 6. The number of hydrogen-bond donors (Lipinski definition) is 1. The molecule has 2 atom stereocenters. The fourth-order valence-corrected chi connectivity index (χ4v) is 2.74. The molecule has 0 radical (unpaired) electrons. The van der Waals surface area contributed by atoms with E-state index < -0.39 is 0 Å². The Bertz CT molecular complexity index is 217. The van der Waals surface area contributed by atoms with Gasteiger partial charge in [-0.2, -0.15) is 0 Å². The highest BCUT2D eigenvalue weighted by molar-refractivity contribution is 4.81. The fourth-order valence-electron chi connectivity index (χ4n) is 2.74. The molecule has 0 aromatic heterocycles. The maximum atomic E-state index is 5.59. The second kappa shape index (κ2) is 6.69. The minimum absolute atomic E-state index is 0.475. The lowest BCUT2D eigenvalue weighted by Crippen LogP contribution is -2.36. The molecule has 2 rings (SSSR count). The van der Waals surface area contributed by atoms with Gasteiger partial charge in [0.05, 0.1) is 6.10 Å². The van der Waals surface area contributed by atoms with Crippen molar-refractivity contribution in [3.05, 3.63) is 0 Å². The Hall–Kier alpha value is -0.160. The summed E-state index contributed by atoms with van der Waals surface area (Å²) in [7, 11) is 4.37. The van der Waals surface area contributed by atoms with Crippen LogP contribution in [0.25, 0.3) is 0 Å². The van der Waals surface area contributed by atoms with Crippen molar-refractivity contribution in [2.24, 2.45) is 0 Å². The summed E-state index contributed by atoms with van der Waals surface area (Å²) < 4.78 is 5.59. The summed E-state index contributed by atoms with van der Waals surface area (Å²) in [6, 6.07) is 0.758. The van der Waals surface area contributed by atoms with Crippen molar-refractivity contribution in [1.29, 1.82) is 0 Å². The molecule has 2 heterocycles. The molecular weight excluding hydrogens is 214 g/mol. The van der Waals surface area contributed by atoms with E-state index in [0.29, 0.717) is 6.10 Å². The van der Waals surface area contributed by atoms with Gasteiger partial charge in [0.15, 0.2) is 0 Å². The van der Waals surface area contributed by atoms with E-state index in [1.54, 1.807) is 0 Å². The van der Waals surface area contributed by atoms with Crippen molar-refractivity contribution in [1.82, 2.24) is 15.1 Å². The maximum absolute atomic E-state index is 5.59. The molecule has 17 heavy (non-hydrogen) atoms. The number of nitrogens with one attached hydrogen (secondary N) is 1. The molecule has 0 aromatic rings. The molecule has 1 N–H and O–H groups in total. The maximum Gasteiger partial charge on any atom is 0.0700 e. The van der Waals surface area contributed by atoms with E-state index in [2.05, 4.69) is 29.2 Å². The number of likely N-dealkylation sites (N-methyl/N-ethyl adjacent to an activating group) is 1. The van der Waals surface area contributed by atoms with Gasteiger partial charge in [-0.15, -0.1) is 0 Å². The van der Waals surface area contributed by atoms with E-state index >= 15 is 0 Å². The number of ether oxygens (including phenoxy) is 1. The van der Waals surface area contributed by atoms with Crippen molar-refractivity contribution in [2.75, 3.05) is 53.4 Å². The van der Waals surface area contributed by atoms with E-state index in [4.69, 9.17) is 4.74 Å². The Morgan fingerprint density at radius 1 is 1.35 bits per heavy atom. The molecule has 0 amide bonds. The average molecular weight is 241 g/mol. The molecule has 2 fully saturated rings. The lowest BCUT2D eigenvalue weighted by Gasteiger charge is -2.20. The van der Waals surface area contributed by atoms with Crippen LogP contribution in [-0.4, -0.2) is 75.4 Å². The van der Waals surface area contributed by atoms with Crippen molar-refractivity contribution < 1.29 is 4.74 Å². The first-order valence-corrected chi connectivity index (χ1v) is 6.97. The van der Waals surface area contributed by atoms with Crippen LogP contribution < -0.4 is 5.32 Å². The molecule has 2 saturated heterocycles. The van der Waals surface area contributed by atoms with E-state index in [-0.39, 0.29) is 0 Å². The first-order valence-electron chi connectivity index (χ1n) is 6.97. The fraction of sp³-hybridized carbons (Fsp3) is 1.00. The lowest BCUT2D eigenvalue weighted by molar-refractivity contribution is 0.109. The van der Waals surface area contributed by atoms with Crippen molar-refractivity contribution in [3.63, 3.8) is 0 Å². The van der Waals surface area contributed by atoms with Gasteiger partial charge in [0.2, 0.25) is 0 Å². The van der Waals surface area contributed by atoms with Crippen LogP contribution in [0.2, 0.25) is 0 Å². The normalized spacial score (nSPS) is 30.5. The van der Waals surface area contributed by atoms with E-state index in [1.165, 1.54) is 38.9 Å². The third kappa shape index (κ3) is 4.21.